The maximum absolute atomic E-state index is 4.45. The third kappa shape index (κ3) is 2.28. The number of aromatic nitrogens is 1. The lowest BCUT2D eigenvalue weighted by Crippen LogP contribution is -2.58. The van der Waals surface area contributed by atoms with Gasteiger partial charge in [-0.2, -0.15) is 0 Å². The van der Waals surface area contributed by atoms with Gasteiger partial charge in [0.2, 0.25) is 0 Å². The SMILES string of the molecule is Cc1ccnc(NC2CCNC3(CCC3)C2)c1Br. The second kappa shape index (κ2) is 4.82. The molecule has 1 spiro atoms. The average Bonchev–Trinajstić information content (AvgIpc) is 2.34. The number of nitrogens with zero attached hydrogens (tertiary/aromatic N) is 1. The maximum atomic E-state index is 4.45. The van der Waals surface area contributed by atoms with Crippen LogP contribution in [-0.2, 0) is 0 Å². The van der Waals surface area contributed by atoms with E-state index >= 15 is 0 Å². The summed E-state index contributed by atoms with van der Waals surface area (Å²) in [7, 11) is 0. The van der Waals surface area contributed by atoms with E-state index in [4.69, 9.17) is 0 Å². The Morgan fingerprint density at radius 1 is 1.50 bits per heavy atom. The molecule has 2 fully saturated rings. The summed E-state index contributed by atoms with van der Waals surface area (Å²) in [5.74, 6) is 0.997. The van der Waals surface area contributed by atoms with Gasteiger partial charge in [-0.05, 0) is 73.1 Å². The standard InChI is InChI=1S/C14H20BrN3/c1-10-3-7-16-13(12(10)15)18-11-4-8-17-14(9-11)5-2-6-14/h3,7,11,17H,2,4-6,8-9H2,1H3,(H,16,18). The van der Waals surface area contributed by atoms with Crippen molar-refractivity contribution in [2.24, 2.45) is 0 Å². The zero-order valence-corrected chi connectivity index (χ0v) is 12.4. The Bertz CT molecular complexity index is 443. The molecule has 18 heavy (non-hydrogen) atoms. The van der Waals surface area contributed by atoms with E-state index in [9.17, 15) is 0 Å². The van der Waals surface area contributed by atoms with Crippen molar-refractivity contribution in [1.29, 1.82) is 0 Å². The summed E-state index contributed by atoms with van der Waals surface area (Å²) in [4.78, 5) is 4.45. The second-order valence-corrected chi connectivity index (χ2v) is 6.48. The molecular weight excluding hydrogens is 290 g/mol. The molecule has 2 aliphatic rings. The lowest BCUT2D eigenvalue weighted by molar-refractivity contribution is 0.135. The lowest BCUT2D eigenvalue weighted by atomic mass is 9.70. The number of hydrogen-bond acceptors (Lipinski definition) is 3. The number of halogens is 1. The highest BCUT2D eigenvalue weighted by Crippen LogP contribution is 2.39. The molecule has 1 aliphatic heterocycles. The highest BCUT2D eigenvalue weighted by Gasteiger charge is 2.40. The van der Waals surface area contributed by atoms with Gasteiger partial charge in [0.1, 0.15) is 5.82 Å². The van der Waals surface area contributed by atoms with Crippen LogP contribution in [0.2, 0.25) is 0 Å². The van der Waals surface area contributed by atoms with Gasteiger partial charge in [0, 0.05) is 17.8 Å². The Balaban J connectivity index is 1.70. The summed E-state index contributed by atoms with van der Waals surface area (Å²) in [5, 5.41) is 7.32. The van der Waals surface area contributed by atoms with Crippen molar-refractivity contribution in [2.75, 3.05) is 11.9 Å². The van der Waals surface area contributed by atoms with Crippen molar-refractivity contribution < 1.29 is 0 Å². The minimum atomic E-state index is 0.437. The number of piperidine rings is 1. The van der Waals surface area contributed by atoms with E-state index in [1.54, 1.807) is 0 Å². The van der Waals surface area contributed by atoms with Crippen molar-refractivity contribution in [3.8, 4) is 0 Å². The van der Waals surface area contributed by atoms with E-state index in [0.717, 1.165) is 16.8 Å². The molecule has 0 bridgehead atoms. The van der Waals surface area contributed by atoms with Crippen LogP contribution < -0.4 is 10.6 Å². The van der Waals surface area contributed by atoms with Gasteiger partial charge in [-0.1, -0.05) is 0 Å². The largest absolute Gasteiger partial charge is 0.366 e. The molecule has 4 heteroatoms. The third-order valence-corrected chi connectivity index (χ3v) is 5.36. The molecule has 2 heterocycles. The molecular formula is C14H20BrN3. The summed E-state index contributed by atoms with van der Waals surface area (Å²) >= 11 is 3.63. The summed E-state index contributed by atoms with van der Waals surface area (Å²) in [6, 6.07) is 2.59. The Hall–Kier alpha value is -0.610. The Morgan fingerprint density at radius 3 is 3.06 bits per heavy atom. The van der Waals surface area contributed by atoms with Gasteiger partial charge in [-0.15, -0.1) is 0 Å². The predicted octanol–water partition coefficient (Wildman–Crippen LogP) is 3.24. The molecule has 1 aromatic rings. The van der Waals surface area contributed by atoms with Crippen molar-refractivity contribution in [3.05, 3.63) is 22.3 Å². The molecule has 0 amide bonds. The van der Waals surface area contributed by atoms with Crippen LogP contribution >= 0.6 is 15.9 Å². The van der Waals surface area contributed by atoms with Gasteiger partial charge in [0.05, 0.1) is 4.47 Å². The molecule has 2 N–H and O–H groups in total. The van der Waals surface area contributed by atoms with Gasteiger partial charge >= 0.3 is 0 Å². The zero-order valence-electron chi connectivity index (χ0n) is 10.8. The summed E-state index contributed by atoms with van der Waals surface area (Å²) in [6.45, 7) is 3.23. The van der Waals surface area contributed by atoms with Crippen molar-refractivity contribution in [1.82, 2.24) is 10.3 Å². The van der Waals surface area contributed by atoms with E-state index in [2.05, 4.69) is 38.5 Å². The second-order valence-electron chi connectivity index (χ2n) is 5.69. The molecule has 3 rings (SSSR count). The first kappa shape index (κ1) is 12.4. The monoisotopic (exact) mass is 309 g/mol. The minimum Gasteiger partial charge on any atom is -0.366 e. The fourth-order valence-corrected chi connectivity index (χ4v) is 3.45. The first-order valence-corrected chi connectivity index (χ1v) is 7.61. The van der Waals surface area contributed by atoms with Crippen LogP contribution in [0.3, 0.4) is 0 Å². The van der Waals surface area contributed by atoms with Crippen LogP contribution in [0, 0.1) is 6.92 Å². The lowest BCUT2D eigenvalue weighted by Gasteiger charge is -2.48. The van der Waals surface area contributed by atoms with Gasteiger partial charge in [0.25, 0.3) is 0 Å². The molecule has 98 valence electrons. The van der Waals surface area contributed by atoms with E-state index in [1.807, 2.05) is 12.3 Å². The molecule has 0 radical (unpaired) electrons. The summed E-state index contributed by atoms with van der Waals surface area (Å²) < 4.78 is 1.10. The number of hydrogen-bond donors (Lipinski definition) is 2. The zero-order chi connectivity index (χ0) is 12.6. The number of anilines is 1. The number of pyridine rings is 1. The fourth-order valence-electron chi connectivity index (χ4n) is 3.10. The topological polar surface area (TPSA) is 37.0 Å². The summed E-state index contributed by atoms with van der Waals surface area (Å²) in [5.41, 5.74) is 1.67. The maximum Gasteiger partial charge on any atom is 0.140 e. The third-order valence-electron chi connectivity index (χ3n) is 4.36. The van der Waals surface area contributed by atoms with Gasteiger partial charge in [-0.25, -0.2) is 4.98 Å². The van der Waals surface area contributed by atoms with Crippen LogP contribution in [0.4, 0.5) is 5.82 Å². The Kier molecular flexibility index (Phi) is 3.32. The molecule has 1 aliphatic carbocycles. The molecule has 0 aromatic carbocycles. The average molecular weight is 310 g/mol. The Labute approximate surface area is 117 Å². The smallest absolute Gasteiger partial charge is 0.140 e. The summed E-state index contributed by atoms with van der Waals surface area (Å²) in [6.07, 6.45) is 8.36. The van der Waals surface area contributed by atoms with Crippen LogP contribution in [0.25, 0.3) is 0 Å². The first-order chi connectivity index (χ1) is 8.69. The minimum absolute atomic E-state index is 0.437. The van der Waals surface area contributed by atoms with Gasteiger partial charge in [-0.3, -0.25) is 0 Å². The quantitative estimate of drug-likeness (QED) is 0.880. The van der Waals surface area contributed by atoms with Crippen molar-refractivity contribution in [2.45, 2.75) is 50.6 Å². The van der Waals surface area contributed by atoms with E-state index in [-0.39, 0.29) is 0 Å². The highest BCUT2D eigenvalue weighted by molar-refractivity contribution is 9.10. The first-order valence-electron chi connectivity index (χ1n) is 6.81. The van der Waals surface area contributed by atoms with Crippen LogP contribution in [0.5, 0.6) is 0 Å². The molecule has 1 unspecified atom stereocenters. The van der Waals surface area contributed by atoms with Crippen molar-refractivity contribution in [3.63, 3.8) is 0 Å². The highest BCUT2D eigenvalue weighted by atomic mass is 79.9. The number of rotatable bonds is 2. The fraction of sp³-hybridized carbons (Fsp3) is 0.643. The number of nitrogens with one attached hydrogen (secondary N) is 2. The molecule has 1 aromatic heterocycles. The molecule has 1 atom stereocenters. The van der Waals surface area contributed by atoms with Crippen LogP contribution in [0.15, 0.2) is 16.7 Å². The van der Waals surface area contributed by atoms with Gasteiger partial charge in [0.15, 0.2) is 0 Å². The predicted molar refractivity (Wildman–Crippen MR) is 77.9 cm³/mol. The van der Waals surface area contributed by atoms with E-state index in [0.29, 0.717) is 11.6 Å². The van der Waals surface area contributed by atoms with Crippen LogP contribution in [0.1, 0.15) is 37.7 Å². The number of aryl methyl sites for hydroxylation is 1. The van der Waals surface area contributed by atoms with E-state index < -0.39 is 0 Å². The molecule has 3 nitrogen and oxygen atoms in total. The van der Waals surface area contributed by atoms with Crippen molar-refractivity contribution >= 4 is 21.7 Å². The molecule has 1 saturated heterocycles. The molecule has 1 saturated carbocycles. The van der Waals surface area contributed by atoms with E-state index in [1.165, 1.54) is 37.7 Å². The Morgan fingerprint density at radius 2 is 2.33 bits per heavy atom. The van der Waals surface area contributed by atoms with Crippen LogP contribution in [-0.4, -0.2) is 23.1 Å². The van der Waals surface area contributed by atoms with Gasteiger partial charge < -0.3 is 10.6 Å². The normalized spacial score (nSPS) is 25.8.